The van der Waals surface area contributed by atoms with Gasteiger partial charge in [0.05, 0.1) is 23.1 Å². The molecule has 6 aromatic carbocycles. The molecule has 0 saturated heterocycles. The summed E-state index contributed by atoms with van der Waals surface area (Å²) in [6, 6.07) is 58.0. The molecular formula is C46H33N3. The lowest BCUT2D eigenvalue weighted by molar-refractivity contribution is 0.684. The van der Waals surface area contributed by atoms with Crippen molar-refractivity contribution in [2.45, 2.75) is 12.0 Å². The van der Waals surface area contributed by atoms with Gasteiger partial charge < -0.3 is 4.90 Å². The van der Waals surface area contributed by atoms with Gasteiger partial charge in [-0.05, 0) is 45.5 Å². The molecule has 0 spiro atoms. The number of hydrogen-bond acceptors (Lipinski definition) is 3. The first-order valence-electron chi connectivity index (χ1n) is 16.8. The maximum Gasteiger partial charge on any atom is 0.231 e. The molecular weight excluding hydrogens is 595 g/mol. The van der Waals surface area contributed by atoms with Crippen LogP contribution in [0.2, 0.25) is 0 Å². The third-order valence-electron chi connectivity index (χ3n) is 9.68. The molecule has 2 aliphatic rings. The molecule has 0 radical (unpaired) electrons. The summed E-state index contributed by atoms with van der Waals surface area (Å²) in [7, 11) is 0. The molecule has 1 aliphatic heterocycles. The number of aromatic nitrogens is 2. The summed E-state index contributed by atoms with van der Waals surface area (Å²) in [5.74, 6) is 0.821. The Hall–Kier alpha value is -6.32. The lowest BCUT2D eigenvalue weighted by atomic mass is 9.85. The fraction of sp³-hybridized carbons (Fsp3) is 0.0435. The molecule has 7 aromatic rings. The third-order valence-corrected chi connectivity index (χ3v) is 9.68. The second kappa shape index (κ2) is 12.4. The van der Waals surface area contributed by atoms with Crippen LogP contribution in [0.25, 0.3) is 55.9 Å². The Morgan fingerprint density at radius 1 is 0.408 bits per heavy atom. The van der Waals surface area contributed by atoms with E-state index in [-0.39, 0.29) is 12.0 Å². The standard InChI is InChI=1S/C46H33N3/c1-3-13-32(14-4-1)34-23-27-36(28-24-34)42-31-43(37-29-25-35(26-30-37)33-15-5-2-6-16-33)48-46(47-42)49-44-21-11-9-19-40(44)38-17-7-8-18-39(38)41-20-10-12-22-45(41)49/h1-31,40,44H. The van der Waals surface area contributed by atoms with Crippen LogP contribution in [-0.2, 0) is 0 Å². The number of allylic oxidation sites excluding steroid dienone is 2. The number of anilines is 2. The van der Waals surface area contributed by atoms with Gasteiger partial charge in [0.15, 0.2) is 0 Å². The highest BCUT2D eigenvalue weighted by molar-refractivity contribution is 5.87. The minimum absolute atomic E-state index is 0.00110. The van der Waals surface area contributed by atoms with Crippen LogP contribution >= 0.6 is 0 Å². The Morgan fingerprint density at radius 2 is 0.878 bits per heavy atom. The third kappa shape index (κ3) is 5.36. The highest BCUT2D eigenvalue weighted by atomic mass is 15.3. The van der Waals surface area contributed by atoms with Gasteiger partial charge in [-0.2, -0.15) is 0 Å². The van der Waals surface area contributed by atoms with Gasteiger partial charge in [0, 0.05) is 22.6 Å². The number of nitrogens with zero attached hydrogens (tertiary/aromatic N) is 3. The maximum absolute atomic E-state index is 5.37. The van der Waals surface area contributed by atoms with Crippen molar-refractivity contribution in [1.29, 1.82) is 0 Å². The summed E-state index contributed by atoms with van der Waals surface area (Å²) < 4.78 is 0. The molecule has 3 nitrogen and oxygen atoms in total. The predicted molar refractivity (Wildman–Crippen MR) is 203 cm³/mol. The second-order valence-electron chi connectivity index (χ2n) is 12.6. The van der Waals surface area contributed by atoms with Crippen LogP contribution in [-0.4, -0.2) is 16.0 Å². The summed E-state index contributed by atoms with van der Waals surface area (Å²) in [6.45, 7) is 0. The van der Waals surface area contributed by atoms with E-state index in [2.05, 4.69) is 193 Å². The van der Waals surface area contributed by atoms with E-state index in [4.69, 9.17) is 9.97 Å². The Balaban J connectivity index is 1.22. The summed E-state index contributed by atoms with van der Waals surface area (Å²) in [5.41, 5.74) is 13.5. The van der Waals surface area contributed by atoms with Crippen molar-refractivity contribution in [3.8, 4) is 55.9 Å². The van der Waals surface area contributed by atoms with Crippen molar-refractivity contribution in [3.63, 3.8) is 0 Å². The Labute approximate surface area is 287 Å². The highest BCUT2D eigenvalue weighted by Gasteiger charge is 2.35. The van der Waals surface area contributed by atoms with Crippen molar-refractivity contribution < 1.29 is 0 Å². The molecule has 0 fully saturated rings. The smallest absolute Gasteiger partial charge is 0.231 e. The molecule has 2 atom stereocenters. The SMILES string of the molecule is C1=CC2c3ccccc3-c3ccccc3N(c3nc(-c4ccc(-c5ccccc5)cc4)cc(-c4ccc(-c5ccccc5)cc4)n3)C2C=C1. The molecule has 49 heavy (non-hydrogen) atoms. The number of rotatable bonds is 5. The van der Waals surface area contributed by atoms with Gasteiger partial charge in [0.2, 0.25) is 5.95 Å². The zero-order valence-electron chi connectivity index (χ0n) is 26.9. The van der Waals surface area contributed by atoms with E-state index in [1.165, 1.54) is 38.9 Å². The first kappa shape index (κ1) is 28.9. The molecule has 0 N–H and O–H groups in total. The zero-order valence-corrected chi connectivity index (χ0v) is 26.9. The van der Waals surface area contributed by atoms with Gasteiger partial charge in [-0.3, -0.25) is 0 Å². The van der Waals surface area contributed by atoms with E-state index in [0.717, 1.165) is 28.2 Å². The predicted octanol–water partition coefficient (Wildman–Crippen LogP) is 11.5. The van der Waals surface area contributed by atoms with Gasteiger partial charge in [0.1, 0.15) is 0 Å². The largest absolute Gasteiger partial charge is 0.302 e. The van der Waals surface area contributed by atoms with Crippen LogP contribution < -0.4 is 4.90 Å². The van der Waals surface area contributed by atoms with E-state index in [0.29, 0.717) is 5.95 Å². The van der Waals surface area contributed by atoms with Crippen molar-refractivity contribution in [2.75, 3.05) is 4.90 Å². The average molecular weight is 628 g/mol. The highest BCUT2D eigenvalue weighted by Crippen LogP contribution is 2.47. The van der Waals surface area contributed by atoms with Crippen LogP contribution in [0.5, 0.6) is 0 Å². The van der Waals surface area contributed by atoms with Gasteiger partial charge in [-0.25, -0.2) is 9.97 Å². The van der Waals surface area contributed by atoms with Crippen molar-refractivity contribution >= 4 is 11.6 Å². The van der Waals surface area contributed by atoms with E-state index >= 15 is 0 Å². The molecule has 0 saturated carbocycles. The summed E-state index contributed by atoms with van der Waals surface area (Å²) in [4.78, 5) is 13.1. The van der Waals surface area contributed by atoms with Crippen LogP contribution in [0.1, 0.15) is 11.5 Å². The second-order valence-corrected chi connectivity index (χ2v) is 12.6. The number of benzene rings is 6. The van der Waals surface area contributed by atoms with Crippen molar-refractivity contribution in [2.24, 2.45) is 0 Å². The monoisotopic (exact) mass is 627 g/mol. The molecule has 1 aliphatic carbocycles. The Morgan fingerprint density at radius 3 is 1.49 bits per heavy atom. The van der Waals surface area contributed by atoms with E-state index in [1.807, 2.05) is 0 Å². The van der Waals surface area contributed by atoms with Gasteiger partial charge >= 0.3 is 0 Å². The van der Waals surface area contributed by atoms with Crippen LogP contribution in [0.3, 0.4) is 0 Å². The summed E-state index contributed by atoms with van der Waals surface area (Å²) >= 11 is 0. The zero-order chi connectivity index (χ0) is 32.6. The molecule has 2 heterocycles. The quantitative estimate of drug-likeness (QED) is 0.190. The van der Waals surface area contributed by atoms with Gasteiger partial charge in [-0.1, -0.05) is 176 Å². The fourth-order valence-electron chi connectivity index (χ4n) is 7.24. The van der Waals surface area contributed by atoms with Gasteiger partial charge in [-0.15, -0.1) is 0 Å². The van der Waals surface area contributed by atoms with Crippen LogP contribution in [0, 0.1) is 0 Å². The van der Waals surface area contributed by atoms with E-state index in [9.17, 15) is 0 Å². The molecule has 3 heteroatoms. The minimum atomic E-state index is -0.00110. The number of hydrogen-bond donors (Lipinski definition) is 0. The Bertz CT molecular complexity index is 2220. The molecule has 0 amide bonds. The Kier molecular flexibility index (Phi) is 7.29. The molecule has 2 unspecified atom stereocenters. The summed E-state index contributed by atoms with van der Waals surface area (Å²) in [5, 5.41) is 0. The van der Waals surface area contributed by atoms with E-state index < -0.39 is 0 Å². The van der Waals surface area contributed by atoms with Crippen LogP contribution in [0.15, 0.2) is 188 Å². The normalized spacial score (nSPS) is 16.0. The fourth-order valence-corrected chi connectivity index (χ4v) is 7.24. The molecule has 232 valence electrons. The van der Waals surface area contributed by atoms with E-state index in [1.54, 1.807) is 0 Å². The molecule has 0 bridgehead atoms. The lowest BCUT2D eigenvalue weighted by Crippen LogP contribution is -2.35. The minimum Gasteiger partial charge on any atom is -0.302 e. The van der Waals surface area contributed by atoms with Gasteiger partial charge in [0.25, 0.3) is 0 Å². The average Bonchev–Trinajstić information content (AvgIpc) is 3.31. The maximum atomic E-state index is 5.37. The van der Waals surface area contributed by atoms with Crippen molar-refractivity contribution in [1.82, 2.24) is 9.97 Å². The first-order valence-corrected chi connectivity index (χ1v) is 16.8. The first-order chi connectivity index (χ1) is 24.3. The summed E-state index contributed by atoms with van der Waals surface area (Å²) in [6.07, 6.45) is 8.93. The lowest BCUT2D eigenvalue weighted by Gasteiger charge is -2.34. The van der Waals surface area contributed by atoms with Crippen molar-refractivity contribution in [3.05, 3.63) is 194 Å². The van der Waals surface area contributed by atoms with Crippen LogP contribution in [0.4, 0.5) is 11.6 Å². The molecule has 1 aromatic heterocycles. The topological polar surface area (TPSA) is 29.0 Å². The number of para-hydroxylation sites is 1. The molecule has 9 rings (SSSR count). The number of fused-ring (bicyclic) bond motifs is 5.